The zero-order valence-corrected chi connectivity index (χ0v) is 15.9. The van der Waals surface area contributed by atoms with Gasteiger partial charge in [-0.05, 0) is 30.3 Å². The molecule has 0 unspecified atom stereocenters. The van der Waals surface area contributed by atoms with E-state index < -0.39 is 5.82 Å². The molecular weight excluding hydrogens is 385 g/mol. The number of piperazine rings is 1. The van der Waals surface area contributed by atoms with Gasteiger partial charge in [-0.3, -0.25) is 4.79 Å². The second-order valence-electron chi connectivity index (χ2n) is 6.40. The molecule has 2 aromatic heterocycles. The number of hydrogen-bond acceptors (Lipinski definition) is 6. The first-order valence-corrected chi connectivity index (χ1v) is 9.15. The van der Waals surface area contributed by atoms with Gasteiger partial charge in [0.25, 0.3) is 11.8 Å². The third-order valence-electron chi connectivity index (χ3n) is 4.57. The van der Waals surface area contributed by atoms with E-state index in [1.165, 1.54) is 18.2 Å². The van der Waals surface area contributed by atoms with Crippen LogP contribution in [0.25, 0.3) is 11.5 Å². The molecular formula is C19H17ClFN5O2. The number of hydrogen-bond donors (Lipinski definition) is 0. The number of aryl methyl sites for hydroxylation is 1. The summed E-state index contributed by atoms with van der Waals surface area (Å²) < 4.78 is 19.0. The van der Waals surface area contributed by atoms with Crippen LogP contribution in [0.3, 0.4) is 0 Å². The van der Waals surface area contributed by atoms with Crippen LogP contribution in [-0.4, -0.2) is 52.2 Å². The van der Waals surface area contributed by atoms with Gasteiger partial charge >= 0.3 is 0 Å². The van der Waals surface area contributed by atoms with Gasteiger partial charge in [-0.25, -0.2) is 9.37 Å². The van der Waals surface area contributed by atoms with Crippen molar-refractivity contribution in [1.29, 1.82) is 0 Å². The topological polar surface area (TPSA) is 75.4 Å². The molecule has 1 aliphatic heterocycles. The molecule has 0 radical (unpaired) electrons. The molecule has 1 amide bonds. The Labute approximate surface area is 165 Å². The monoisotopic (exact) mass is 401 g/mol. The second kappa shape index (κ2) is 7.55. The molecule has 0 N–H and O–H groups in total. The molecule has 3 heterocycles. The summed E-state index contributed by atoms with van der Waals surface area (Å²) in [6.07, 6.45) is 1.70. The van der Waals surface area contributed by atoms with Crippen molar-refractivity contribution < 1.29 is 13.6 Å². The van der Waals surface area contributed by atoms with E-state index in [0.717, 1.165) is 11.4 Å². The molecule has 0 bridgehead atoms. The van der Waals surface area contributed by atoms with Crippen molar-refractivity contribution in [2.75, 3.05) is 31.1 Å². The molecule has 3 aromatic rings. The number of nitrogens with zero attached hydrogens (tertiary/aromatic N) is 5. The van der Waals surface area contributed by atoms with Crippen LogP contribution in [0.2, 0.25) is 5.02 Å². The number of carbonyl (C=O) groups excluding carboxylic acids is 1. The molecule has 0 saturated carbocycles. The fourth-order valence-electron chi connectivity index (χ4n) is 3.17. The first-order chi connectivity index (χ1) is 13.5. The quantitative estimate of drug-likeness (QED) is 0.671. The Balaban J connectivity index is 1.51. The fraction of sp³-hybridized carbons (Fsp3) is 0.263. The molecule has 1 aromatic carbocycles. The third-order valence-corrected chi connectivity index (χ3v) is 4.90. The Morgan fingerprint density at radius 1 is 1.18 bits per heavy atom. The van der Waals surface area contributed by atoms with Gasteiger partial charge in [0.05, 0.1) is 16.1 Å². The van der Waals surface area contributed by atoms with Gasteiger partial charge < -0.3 is 14.2 Å². The van der Waals surface area contributed by atoms with E-state index in [1.807, 2.05) is 12.1 Å². The highest BCUT2D eigenvalue weighted by Crippen LogP contribution is 2.29. The zero-order valence-electron chi connectivity index (χ0n) is 15.1. The van der Waals surface area contributed by atoms with Gasteiger partial charge in [-0.2, -0.15) is 0 Å². The number of pyridine rings is 1. The minimum atomic E-state index is -0.487. The summed E-state index contributed by atoms with van der Waals surface area (Å²) >= 11 is 6.07. The van der Waals surface area contributed by atoms with E-state index in [2.05, 4.69) is 20.1 Å². The summed E-state index contributed by atoms with van der Waals surface area (Å²) in [5.41, 5.74) is 0.922. The summed E-state index contributed by atoms with van der Waals surface area (Å²) in [6, 6.07) is 7.49. The van der Waals surface area contributed by atoms with Crippen LogP contribution < -0.4 is 4.90 Å². The van der Waals surface area contributed by atoms with Gasteiger partial charge in [0.2, 0.25) is 5.89 Å². The zero-order chi connectivity index (χ0) is 19.7. The predicted octanol–water partition coefficient (Wildman–Crippen LogP) is 3.19. The summed E-state index contributed by atoms with van der Waals surface area (Å²) in [7, 11) is 0. The minimum Gasteiger partial charge on any atom is -0.421 e. The molecule has 1 aliphatic rings. The lowest BCUT2D eigenvalue weighted by Crippen LogP contribution is -2.49. The maximum Gasteiger partial charge on any atom is 0.255 e. The van der Waals surface area contributed by atoms with E-state index in [-0.39, 0.29) is 16.5 Å². The van der Waals surface area contributed by atoms with Crippen LogP contribution in [0.1, 0.15) is 16.2 Å². The highest BCUT2D eigenvalue weighted by Gasteiger charge is 2.26. The van der Waals surface area contributed by atoms with E-state index in [4.69, 9.17) is 16.0 Å². The molecule has 9 heteroatoms. The normalized spacial score (nSPS) is 14.4. The highest BCUT2D eigenvalue weighted by atomic mass is 35.5. The summed E-state index contributed by atoms with van der Waals surface area (Å²) in [5, 5.41) is 8.19. The molecule has 0 atom stereocenters. The summed E-state index contributed by atoms with van der Waals surface area (Å²) in [6.45, 7) is 3.79. The van der Waals surface area contributed by atoms with Crippen LogP contribution >= 0.6 is 11.6 Å². The molecule has 0 aliphatic carbocycles. The van der Waals surface area contributed by atoms with Gasteiger partial charge in [-0.1, -0.05) is 11.6 Å². The van der Waals surface area contributed by atoms with Crippen molar-refractivity contribution in [3.8, 4) is 11.5 Å². The first kappa shape index (κ1) is 18.4. The lowest BCUT2D eigenvalue weighted by molar-refractivity contribution is 0.0746. The number of rotatable bonds is 3. The van der Waals surface area contributed by atoms with Crippen molar-refractivity contribution in [2.24, 2.45) is 0 Å². The van der Waals surface area contributed by atoms with Crippen LogP contribution in [0.4, 0.5) is 10.2 Å². The number of carbonyl (C=O) groups is 1. The van der Waals surface area contributed by atoms with Crippen molar-refractivity contribution in [3.63, 3.8) is 0 Å². The third kappa shape index (κ3) is 3.55. The molecule has 1 fully saturated rings. The van der Waals surface area contributed by atoms with Crippen molar-refractivity contribution in [3.05, 3.63) is 58.8 Å². The number of halogens is 2. The molecule has 144 valence electrons. The van der Waals surface area contributed by atoms with Gasteiger partial charge in [0.15, 0.2) is 0 Å². The van der Waals surface area contributed by atoms with Gasteiger partial charge in [-0.15, -0.1) is 10.2 Å². The van der Waals surface area contributed by atoms with Crippen LogP contribution in [0.5, 0.6) is 0 Å². The summed E-state index contributed by atoms with van der Waals surface area (Å²) in [5.74, 6) is 0.845. The predicted molar refractivity (Wildman–Crippen MR) is 102 cm³/mol. The van der Waals surface area contributed by atoms with Gasteiger partial charge in [0, 0.05) is 39.3 Å². The smallest absolute Gasteiger partial charge is 0.255 e. The Morgan fingerprint density at radius 3 is 2.68 bits per heavy atom. The van der Waals surface area contributed by atoms with E-state index in [0.29, 0.717) is 38.0 Å². The molecule has 7 nitrogen and oxygen atoms in total. The number of anilines is 1. The Hall–Kier alpha value is -3.00. The van der Waals surface area contributed by atoms with Crippen LogP contribution in [0.15, 0.2) is 40.9 Å². The van der Waals surface area contributed by atoms with Gasteiger partial charge in [0.1, 0.15) is 11.6 Å². The first-order valence-electron chi connectivity index (χ1n) is 8.77. The second-order valence-corrected chi connectivity index (χ2v) is 6.81. The molecule has 0 spiro atoms. The maximum absolute atomic E-state index is 13.5. The van der Waals surface area contributed by atoms with E-state index in [9.17, 15) is 9.18 Å². The lowest BCUT2D eigenvalue weighted by Gasteiger charge is -2.36. The highest BCUT2D eigenvalue weighted by molar-refractivity contribution is 6.33. The van der Waals surface area contributed by atoms with Crippen molar-refractivity contribution >= 4 is 23.3 Å². The molecule has 1 saturated heterocycles. The summed E-state index contributed by atoms with van der Waals surface area (Å²) in [4.78, 5) is 20.9. The molecule has 28 heavy (non-hydrogen) atoms. The average molecular weight is 402 g/mol. The lowest BCUT2D eigenvalue weighted by atomic mass is 10.1. The molecule has 4 rings (SSSR count). The van der Waals surface area contributed by atoms with Crippen molar-refractivity contribution in [2.45, 2.75) is 6.92 Å². The maximum atomic E-state index is 13.5. The Kier molecular flexibility index (Phi) is 4.95. The SMILES string of the molecule is Cc1nnc(-c2cccnc2N2CCN(C(=O)c3cc(F)ccc3Cl)CC2)o1. The van der Waals surface area contributed by atoms with Crippen molar-refractivity contribution in [1.82, 2.24) is 20.1 Å². The van der Waals surface area contributed by atoms with Crippen LogP contribution in [0, 0.1) is 12.7 Å². The Morgan fingerprint density at radius 2 is 1.96 bits per heavy atom. The van der Waals surface area contributed by atoms with E-state index in [1.54, 1.807) is 18.0 Å². The fourth-order valence-corrected chi connectivity index (χ4v) is 3.37. The minimum absolute atomic E-state index is 0.176. The number of aromatic nitrogens is 3. The number of amides is 1. The number of benzene rings is 1. The van der Waals surface area contributed by atoms with Crippen LogP contribution in [-0.2, 0) is 0 Å². The Bertz CT molecular complexity index is 1020. The average Bonchev–Trinajstić information content (AvgIpc) is 3.15. The van der Waals surface area contributed by atoms with E-state index >= 15 is 0 Å². The largest absolute Gasteiger partial charge is 0.421 e. The standard InChI is InChI=1S/C19H17ClFN5O2/c1-12-23-24-18(28-12)14-3-2-6-22-17(14)25-7-9-26(10-8-25)19(27)15-11-13(21)4-5-16(15)20/h2-6,11H,7-10H2,1H3.